The second-order valence-electron chi connectivity index (χ2n) is 5.02. The minimum Gasteiger partial charge on any atom is -0.487 e. The summed E-state index contributed by atoms with van der Waals surface area (Å²) < 4.78 is 19.3. The number of benzene rings is 1. The summed E-state index contributed by atoms with van der Waals surface area (Å²) in [5, 5.41) is 3.44. The first-order valence-electron chi connectivity index (χ1n) is 6.85. The number of hydrogen-bond donors (Lipinski definition) is 1. The van der Waals surface area contributed by atoms with Gasteiger partial charge >= 0.3 is 0 Å². The van der Waals surface area contributed by atoms with E-state index in [-0.39, 0.29) is 12.4 Å². The maximum absolute atomic E-state index is 13.5. The molecule has 104 valence electrons. The Morgan fingerprint density at radius 3 is 2.85 bits per heavy atom. The molecule has 1 N–H and O–H groups in total. The van der Waals surface area contributed by atoms with Crippen LogP contribution in [0.2, 0.25) is 0 Å². The average Bonchev–Trinajstić information content (AvgIpc) is 3.29. The van der Waals surface area contributed by atoms with Crippen molar-refractivity contribution in [3.8, 4) is 5.75 Å². The van der Waals surface area contributed by atoms with Gasteiger partial charge in [0.2, 0.25) is 0 Å². The zero-order valence-electron chi connectivity index (χ0n) is 11.2. The first-order valence-corrected chi connectivity index (χ1v) is 6.85. The average molecular weight is 272 g/mol. The molecular formula is C16H17FN2O. The molecule has 0 amide bonds. The largest absolute Gasteiger partial charge is 0.487 e. The van der Waals surface area contributed by atoms with Gasteiger partial charge in [-0.3, -0.25) is 4.98 Å². The summed E-state index contributed by atoms with van der Waals surface area (Å²) in [5.41, 5.74) is 1.61. The molecule has 0 radical (unpaired) electrons. The molecule has 1 heterocycles. The minimum absolute atomic E-state index is 0.217. The highest BCUT2D eigenvalue weighted by molar-refractivity contribution is 5.30. The van der Waals surface area contributed by atoms with Gasteiger partial charge in [0, 0.05) is 29.9 Å². The summed E-state index contributed by atoms with van der Waals surface area (Å²) in [6, 6.07) is 9.23. The zero-order valence-corrected chi connectivity index (χ0v) is 11.2. The summed E-state index contributed by atoms with van der Waals surface area (Å²) >= 11 is 0. The van der Waals surface area contributed by atoms with E-state index < -0.39 is 0 Å². The third-order valence-corrected chi connectivity index (χ3v) is 3.37. The van der Waals surface area contributed by atoms with Crippen molar-refractivity contribution in [3.05, 3.63) is 59.7 Å². The van der Waals surface area contributed by atoms with Gasteiger partial charge in [0.25, 0.3) is 0 Å². The van der Waals surface area contributed by atoms with Crippen LogP contribution < -0.4 is 10.1 Å². The Morgan fingerprint density at radius 2 is 2.05 bits per heavy atom. The fourth-order valence-electron chi connectivity index (χ4n) is 2.00. The van der Waals surface area contributed by atoms with Gasteiger partial charge in [-0.05, 0) is 25.0 Å². The molecule has 4 heteroatoms. The van der Waals surface area contributed by atoms with Crippen molar-refractivity contribution in [2.24, 2.45) is 0 Å². The van der Waals surface area contributed by atoms with E-state index in [0.29, 0.717) is 17.4 Å². The van der Waals surface area contributed by atoms with Crippen LogP contribution >= 0.6 is 0 Å². The number of nitrogens with zero attached hydrogens (tertiary/aromatic N) is 1. The Hall–Kier alpha value is -1.94. The number of rotatable bonds is 6. The predicted octanol–water partition coefficient (Wildman–Crippen LogP) is 3.05. The van der Waals surface area contributed by atoms with Gasteiger partial charge in [-0.2, -0.15) is 0 Å². The van der Waals surface area contributed by atoms with Crippen molar-refractivity contribution in [3.63, 3.8) is 0 Å². The minimum atomic E-state index is -0.242. The summed E-state index contributed by atoms with van der Waals surface area (Å²) in [6.07, 6.45) is 5.93. The quantitative estimate of drug-likeness (QED) is 0.877. The number of pyridine rings is 1. The molecule has 20 heavy (non-hydrogen) atoms. The van der Waals surface area contributed by atoms with Gasteiger partial charge < -0.3 is 10.1 Å². The fourth-order valence-corrected chi connectivity index (χ4v) is 2.00. The third kappa shape index (κ3) is 3.33. The maximum atomic E-state index is 13.5. The molecule has 0 spiro atoms. The van der Waals surface area contributed by atoms with Gasteiger partial charge in [0.1, 0.15) is 18.2 Å². The van der Waals surface area contributed by atoms with Crippen molar-refractivity contribution in [2.45, 2.75) is 32.0 Å². The van der Waals surface area contributed by atoms with Crippen molar-refractivity contribution in [1.82, 2.24) is 10.3 Å². The van der Waals surface area contributed by atoms with Crippen molar-refractivity contribution in [2.75, 3.05) is 0 Å². The van der Waals surface area contributed by atoms with Crippen LogP contribution in [0.25, 0.3) is 0 Å². The molecule has 1 aliphatic rings. The van der Waals surface area contributed by atoms with Crippen LogP contribution in [0.1, 0.15) is 24.0 Å². The van der Waals surface area contributed by atoms with Crippen molar-refractivity contribution < 1.29 is 9.13 Å². The topological polar surface area (TPSA) is 34.1 Å². The second-order valence-corrected chi connectivity index (χ2v) is 5.02. The van der Waals surface area contributed by atoms with Crippen molar-refractivity contribution >= 4 is 0 Å². The van der Waals surface area contributed by atoms with Crippen LogP contribution in [0.3, 0.4) is 0 Å². The van der Waals surface area contributed by atoms with Gasteiger partial charge in [-0.25, -0.2) is 4.39 Å². The fraction of sp³-hybridized carbons (Fsp3) is 0.312. The second kappa shape index (κ2) is 6.01. The Labute approximate surface area is 117 Å². The summed E-state index contributed by atoms with van der Waals surface area (Å²) in [6.45, 7) is 0.981. The van der Waals surface area contributed by atoms with Gasteiger partial charge in [0.15, 0.2) is 0 Å². The molecule has 3 nitrogen and oxygen atoms in total. The third-order valence-electron chi connectivity index (χ3n) is 3.37. The zero-order chi connectivity index (χ0) is 13.8. The van der Waals surface area contributed by atoms with E-state index in [1.54, 1.807) is 30.6 Å². The molecule has 1 saturated carbocycles. The summed E-state index contributed by atoms with van der Waals surface area (Å²) in [7, 11) is 0. The number of halogens is 1. The molecular weight excluding hydrogens is 255 g/mol. The van der Waals surface area contributed by atoms with Crippen LogP contribution in [0.15, 0.2) is 42.7 Å². The Kier molecular flexibility index (Phi) is 3.92. The predicted molar refractivity (Wildman–Crippen MR) is 74.8 cm³/mol. The molecule has 1 aromatic heterocycles. The van der Waals surface area contributed by atoms with Gasteiger partial charge in [0.05, 0.1) is 6.20 Å². The number of nitrogens with one attached hydrogen (secondary N) is 1. The van der Waals surface area contributed by atoms with Crippen molar-refractivity contribution in [1.29, 1.82) is 0 Å². The molecule has 1 aromatic carbocycles. The summed E-state index contributed by atoms with van der Waals surface area (Å²) in [4.78, 5) is 4.08. The van der Waals surface area contributed by atoms with E-state index in [9.17, 15) is 4.39 Å². The molecule has 2 aromatic rings. The molecule has 0 saturated heterocycles. The molecule has 1 aliphatic carbocycles. The standard InChI is InChI=1S/C16H17FN2O/c17-15-4-2-1-3-13(15)11-20-16-10-18-8-7-12(16)9-19-14-5-6-14/h1-4,7-8,10,14,19H,5-6,9,11H2. The molecule has 0 bridgehead atoms. The van der Waals surface area contributed by atoms with Gasteiger partial charge in [-0.15, -0.1) is 0 Å². The Balaban J connectivity index is 1.65. The molecule has 1 fully saturated rings. The molecule has 0 unspecified atom stereocenters. The van der Waals surface area contributed by atoms with Crippen LogP contribution in [0.4, 0.5) is 4.39 Å². The maximum Gasteiger partial charge on any atom is 0.142 e. The summed E-state index contributed by atoms with van der Waals surface area (Å²) in [5.74, 6) is 0.470. The van der Waals surface area contributed by atoms with E-state index >= 15 is 0 Å². The van der Waals surface area contributed by atoms with E-state index in [1.807, 2.05) is 6.07 Å². The number of ether oxygens (including phenoxy) is 1. The van der Waals surface area contributed by atoms with Gasteiger partial charge in [-0.1, -0.05) is 18.2 Å². The Morgan fingerprint density at radius 1 is 1.20 bits per heavy atom. The monoisotopic (exact) mass is 272 g/mol. The first-order chi connectivity index (χ1) is 9.83. The highest BCUT2D eigenvalue weighted by atomic mass is 19.1. The number of aromatic nitrogens is 1. The van der Waals surface area contributed by atoms with Crippen LogP contribution in [0, 0.1) is 5.82 Å². The normalized spacial score (nSPS) is 14.2. The lowest BCUT2D eigenvalue weighted by atomic mass is 10.2. The lowest BCUT2D eigenvalue weighted by molar-refractivity contribution is 0.294. The Bertz CT molecular complexity index is 584. The first kappa shape index (κ1) is 13.1. The lowest BCUT2D eigenvalue weighted by Crippen LogP contribution is -2.16. The molecule has 0 aliphatic heterocycles. The highest BCUT2D eigenvalue weighted by Gasteiger charge is 2.20. The SMILES string of the molecule is Fc1ccccc1COc1cnccc1CNC1CC1. The molecule has 3 rings (SSSR count). The number of hydrogen-bond acceptors (Lipinski definition) is 3. The lowest BCUT2D eigenvalue weighted by Gasteiger charge is -2.11. The van der Waals surface area contributed by atoms with Crippen LogP contribution in [-0.4, -0.2) is 11.0 Å². The van der Waals surface area contributed by atoms with E-state index in [2.05, 4.69) is 10.3 Å². The van der Waals surface area contributed by atoms with E-state index in [1.165, 1.54) is 18.9 Å². The molecule has 0 atom stereocenters. The van der Waals surface area contributed by atoms with E-state index in [0.717, 1.165) is 12.1 Å². The van der Waals surface area contributed by atoms with E-state index in [4.69, 9.17) is 4.74 Å². The van der Waals surface area contributed by atoms with Crippen LogP contribution in [0.5, 0.6) is 5.75 Å². The highest BCUT2D eigenvalue weighted by Crippen LogP contribution is 2.22. The smallest absolute Gasteiger partial charge is 0.142 e. The van der Waals surface area contributed by atoms with Crippen LogP contribution in [-0.2, 0) is 13.2 Å².